The minimum absolute atomic E-state index is 0.0978. The maximum Gasteiger partial charge on any atom is 0.330 e. The zero-order valence-corrected chi connectivity index (χ0v) is 19.7. The first-order valence-corrected chi connectivity index (χ1v) is 11.9. The van der Waals surface area contributed by atoms with Crippen LogP contribution in [0.3, 0.4) is 0 Å². The Hall–Kier alpha value is -3.89. The fourth-order valence-electron chi connectivity index (χ4n) is 4.80. The Labute approximate surface area is 201 Å². The van der Waals surface area contributed by atoms with Crippen LogP contribution in [0.15, 0.2) is 39.9 Å². The second-order valence-electron chi connectivity index (χ2n) is 9.07. The molecule has 1 spiro atoms. The highest BCUT2D eigenvalue weighted by Gasteiger charge is 2.53. The molecule has 2 fully saturated rings. The zero-order chi connectivity index (χ0) is 25.2. The number of nitrogens with zero attached hydrogens (tertiary/aromatic N) is 3. The van der Waals surface area contributed by atoms with E-state index in [1.807, 2.05) is 37.3 Å². The predicted molar refractivity (Wildman–Crippen MR) is 130 cm³/mol. The number of carbonyl (C=O) groups excluding carboxylic acids is 3. The quantitative estimate of drug-likeness (QED) is 0.481. The van der Waals surface area contributed by atoms with Crippen molar-refractivity contribution >= 4 is 29.4 Å². The van der Waals surface area contributed by atoms with Gasteiger partial charge in [-0.1, -0.05) is 56.5 Å². The van der Waals surface area contributed by atoms with Crippen LogP contribution in [0, 0.1) is 0 Å². The van der Waals surface area contributed by atoms with E-state index >= 15 is 0 Å². The second kappa shape index (κ2) is 9.77. The number of anilines is 2. The second-order valence-corrected chi connectivity index (χ2v) is 9.07. The summed E-state index contributed by atoms with van der Waals surface area (Å²) in [7, 11) is 0. The molecule has 0 radical (unpaired) electrons. The molecule has 1 aromatic heterocycles. The van der Waals surface area contributed by atoms with Gasteiger partial charge < -0.3 is 16.0 Å². The van der Waals surface area contributed by atoms with E-state index in [9.17, 15) is 24.0 Å². The molecule has 1 saturated heterocycles. The van der Waals surface area contributed by atoms with Crippen LogP contribution < -0.4 is 27.2 Å². The number of nitrogen functional groups attached to an aromatic ring is 1. The van der Waals surface area contributed by atoms with Gasteiger partial charge in [0.05, 0.1) is 6.54 Å². The lowest BCUT2D eigenvalue weighted by Crippen LogP contribution is -2.48. The lowest BCUT2D eigenvalue weighted by Gasteiger charge is -2.26. The zero-order valence-electron chi connectivity index (χ0n) is 19.7. The van der Waals surface area contributed by atoms with Crippen molar-refractivity contribution in [1.82, 2.24) is 19.8 Å². The van der Waals surface area contributed by atoms with Gasteiger partial charge in [0.25, 0.3) is 11.5 Å². The van der Waals surface area contributed by atoms with Crippen molar-refractivity contribution in [2.24, 2.45) is 0 Å². The summed E-state index contributed by atoms with van der Waals surface area (Å²) in [5.41, 5.74) is 4.47. The molecule has 11 nitrogen and oxygen atoms in total. The van der Waals surface area contributed by atoms with Crippen LogP contribution in [0.5, 0.6) is 0 Å². The van der Waals surface area contributed by atoms with Gasteiger partial charge in [-0.15, -0.1) is 0 Å². The van der Waals surface area contributed by atoms with Crippen LogP contribution in [-0.4, -0.2) is 50.9 Å². The maximum atomic E-state index is 13.4. The third-order valence-electron chi connectivity index (χ3n) is 6.70. The number of benzene rings is 1. The molecule has 11 heteroatoms. The Balaban J connectivity index is 1.66. The summed E-state index contributed by atoms with van der Waals surface area (Å²) in [5.74, 6) is -1.20. The number of nitrogens with two attached hydrogens (primary N) is 1. The summed E-state index contributed by atoms with van der Waals surface area (Å²) in [6.45, 7) is 1.64. The fraction of sp³-hybridized carbons (Fsp3) is 0.458. The summed E-state index contributed by atoms with van der Waals surface area (Å²) in [6.07, 6.45) is 4.00. The minimum atomic E-state index is -0.939. The molecule has 0 bridgehead atoms. The standard InChI is InChI=1S/C24H30N6O5/c1-2-3-13-28(17(31)15-30-21(33)24(27-23(30)35)11-7-8-12-24)18-19(25)29(22(34)26-20(18)32)14-16-9-5-4-6-10-16/h4-6,9-10H,2-3,7-8,11-15,25H2,1H3,(H,27,35)(H,26,32,34). The molecule has 2 aliphatic rings. The average Bonchev–Trinajstić information content (AvgIpc) is 3.39. The highest BCUT2D eigenvalue weighted by Crippen LogP contribution is 2.35. The third-order valence-corrected chi connectivity index (χ3v) is 6.70. The molecule has 4 N–H and O–H groups in total. The first-order valence-electron chi connectivity index (χ1n) is 11.9. The number of hydrogen-bond acceptors (Lipinski definition) is 6. The molecule has 2 aromatic rings. The van der Waals surface area contributed by atoms with Gasteiger partial charge in [0.1, 0.15) is 17.9 Å². The van der Waals surface area contributed by atoms with Gasteiger partial charge in [0.2, 0.25) is 5.91 Å². The first-order chi connectivity index (χ1) is 16.8. The lowest BCUT2D eigenvalue weighted by atomic mass is 9.98. The van der Waals surface area contributed by atoms with Crippen molar-refractivity contribution in [1.29, 1.82) is 0 Å². The molecule has 2 heterocycles. The molecule has 0 atom stereocenters. The van der Waals surface area contributed by atoms with Crippen molar-refractivity contribution < 1.29 is 14.4 Å². The SMILES string of the molecule is CCCCN(C(=O)CN1C(=O)NC2(CCCC2)C1=O)c1c(N)n(Cc2ccccc2)c(=O)[nH]c1=O. The number of rotatable bonds is 8. The number of urea groups is 1. The Bertz CT molecular complexity index is 1250. The number of hydrogen-bond donors (Lipinski definition) is 3. The van der Waals surface area contributed by atoms with Gasteiger partial charge in [0.15, 0.2) is 5.69 Å². The van der Waals surface area contributed by atoms with E-state index in [4.69, 9.17) is 5.73 Å². The topological polar surface area (TPSA) is 151 Å². The average molecular weight is 483 g/mol. The lowest BCUT2D eigenvalue weighted by molar-refractivity contribution is -0.134. The van der Waals surface area contributed by atoms with Crippen molar-refractivity contribution in [2.45, 2.75) is 57.5 Å². The molecule has 4 amide bonds. The fourth-order valence-corrected chi connectivity index (χ4v) is 4.80. The maximum absolute atomic E-state index is 13.4. The largest absolute Gasteiger partial charge is 0.383 e. The molecule has 1 aromatic carbocycles. The van der Waals surface area contributed by atoms with Crippen LogP contribution in [0.1, 0.15) is 51.0 Å². The predicted octanol–water partition coefficient (Wildman–Crippen LogP) is 1.16. The van der Waals surface area contributed by atoms with E-state index in [0.717, 1.165) is 29.7 Å². The van der Waals surface area contributed by atoms with Gasteiger partial charge in [-0.2, -0.15) is 0 Å². The summed E-state index contributed by atoms with van der Waals surface area (Å²) >= 11 is 0. The van der Waals surface area contributed by atoms with Gasteiger partial charge in [-0.05, 0) is 24.8 Å². The molecule has 0 unspecified atom stereocenters. The van der Waals surface area contributed by atoms with Crippen LogP contribution >= 0.6 is 0 Å². The number of carbonyl (C=O) groups is 3. The third kappa shape index (κ3) is 4.58. The molecular weight excluding hydrogens is 452 g/mol. The van der Waals surface area contributed by atoms with Gasteiger partial charge >= 0.3 is 11.7 Å². The summed E-state index contributed by atoms with van der Waals surface area (Å²) in [4.78, 5) is 68.7. The molecule has 1 aliphatic carbocycles. The number of nitrogens with one attached hydrogen (secondary N) is 2. The Morgan fingerprint density at radius 1 is 1.11 bits per heavy atom. The summed E-state index contributed by atoms with van der Waals surface area (Å²) in [5, 5.41) is 2.75. The molecule has 186 valence electrons. The number of aromatic amines is 1. The Morgan fingerprint density at radius 2 is 1.80 bits per heavy atom. The number of H-pyrrole nitrogens is 1. The van der Waals surface area contributed by atoms with Crippen molar-refractivity contribution in [3.8, 4) is 0 Å². The van der Waals surface area contributed by atoms with Crippen LogP contribution in [0.25, 0.3) is 0 Å². The minimum Gasteiger partial charge on any atom is -0.383 e. The van der Waals surface area contributed by atoms with Crippen LogP contribution in [0.2, 0.25) is 0 Å². The van der Waals surface area contributed by atoms with E-state index in [1.165, 1.54) is 9.47 Å². The highest BCUT2D eigenvalue weighted by atomic mass is 16.2. The van der Waals surface area contributed by atoms with Crippen molar-refractivity contribution in [2.75, 3.05) is 23.7 Å². The van der Waals surface area contributed by atoms with Gasteiger partial charge in [0, 0.05) is 6.54 Å². The Morgan fingerprint density at radius 3 is 2.46 bits per heavy atom. The van der Waals surface area contributed by atoms with Crippen molar-refractivity contribution in [3.63, 3.8) is 0 Å². The monoisotopic (exact) mass is 482 g/mol. The molecule has 35 heavy (non-hydrogen) atoms. The number of unbranched alkanes of at least 4 members (excludes halogenated alkanes) is 1. The van der Waals surface area contributed by atoms with Gasteiger partial charge in [-0.25, -0.2) is 9.59 Å². The van der Waals surface area contributed by atoms with Crippen molar-refractivity contribution in [3.05, 3.63) is 56.7 Å². The molecule has 1 saturated carbocycles. The summed E-state index contributed by atoms with van der Waals surface area (Å²) in [6, 6.07) is 8.48. The van der Waals surface area contributed by atoms with E-state index < -0.39 is 41.2 Å². The van der Waals surface area contributed by atoms with Crippen LogP contribution in [0.4, 0.5) is 16.3 Å². The number of imide groups is 1. The van der Waals surface area contributed by atoms with Gasteiger partial charge in [-0.3, -0.25) is 28.8 Å². The first kappa shape index (κ1) is 24.2. The van der Waals surface area contributed by atoms with E-state index in [1.54, 1.807) is 0 Å². The molecular formula is C24H30N6O5. The smallest absolute Gasteiger partial charge is 0.330 e. The normalized spacial score (nSPS) is 16.7. The number of aromatic nitrogens is 2. The molecule has 1 aliphatic heterocycles. The van der Waals surface area contributed by atoms with E-state index in [2.05, 4.69) is 10.3 Å². The Kier molecular flexibility index (Phi) is 6.77. The van der Waals surface area contributed by atoms with Crippen LogP contribution in [-0.2, 0) is 16.1 Å². The highest BCUT2D eigenvalue weighted by molar-refractivity contribution is 6.10. The molecule has 4 rings (SSSR count). The van der Waals surface area contributed by atoms with E-state index in [-0.39, 0.29) is 24.6 Å². The summed E-state index contributed by atoms with van der Waals surface area (Å²) < 4.78 is 1.19. The number of amides is 4. The van der Waals surface area contributed by atoms with E-state index in [0.29, 0.717) is 19.3 Å².